The van der Waals surface area contributed by atoms with Gasteiger partial charge in [-0.25, -0.2) is 9.97 Å². The predicted molar refractivity (Wildman–Crippen MR) is 81.4 cm³/mol. The first-order valence-corrected chi connectivity index (χ1v) is 7.05. The molecule has 0 aliphatic carbocycles. The van der Waals surface area contributed by atoms with Crippen LogP contribution in [0.15, 0.2) is 36.9 Å². The molecule has 0 bridgehead atoms. The molecule has 0 spiro atoms. The van der Waals surface area contributed by atoms with Crippen LogP contribution >= 0.6 is 0 Å². The van der Waals surface area contributed by atoms with Gasteiger partial charge in [-0.05, 0) is 38.5 Å². The third-order valence-corrected chi connectivity index (χ3v) is 2.93. The SMILES string of the molecule is CCOc1ccc(C(N)c2cncnc2)cc1OC(C)C. The van der Waals surface area contributed by atoms with Crippen molar-refractivity contribution in [2.75, 3.05) is 6.61 Å². The molecular formula is C16H21N3O2. The molecule has 0 amide bonds. The summed E-state index contributed by atoms with van der Waals surface area (Å²) in [6, 6.07) is 5.45. The monoisotopic (exact) mass is 287 g/mol. The first kappa shape index (κ1) is 15.3. The highest BCUT2D eigenvalue weighted by atomic mass is 16.5. The van der Waals surface area contributed by atoms with Crippen LogP contribution in [0.25, 0.3) is 0 Å². The summed E-state index contributed by atoms with van der Waals surface area (Å²) < 4.78 is 11.4. The molecule has 0 saturated carbocycles. The highest BCUT2D eigenvalue weighted by Gasteiger charge is 2.14. The minimum atomic E-state index is -0.295. The Labute approximate surface area is 125 Å². The van der Waals surface area contributed by atoms with E-state index in [0.29, 0.717) is 12.4 Å². The van der Waals surface area contributed by atoms with Gasteiger partial charge >= 0.3 is 0 Å². The number of hydrogen-bond acceptors (Lipinski definition) is 5. The van der Waals surface area contributed by atoms with E-state index in [0.717, 1.165) is 16.9 Å². The van der Waals surface area contributed by atoms with E-state index in [9.17, 15) is 0 Å². The second-order valence-corrected chi connectivity index (χ2v) is 4.96. The molecule has 0 aliphatic rings. The summed E-state index contributed by atoms with van der Waals surface area (Å²) in [5.74, 6) is 1.43. The number of ether oxygens (including phenoxy) is 2. The van der Waals surface area contributed by atoms with Crippen LogP contribution in [-0.2, 0) is 0 Å². The molecule has 5 nitrogen and oxygen atoms in total. The standard InChI is InChI=1S/C16H21N3O2/c1-4-20-14-6-5-12(7-15(14)21-11(2)3)16(17)13-8-18-10-19-9-13/h5-11,16H,4,17H2,1-3H3. The van der Waals surface area contributed by atoms with Gasteiger partial charge in [0.2, 0.25) is 0 Å². The van der Waals surface area contributed by atoms with Gasteiger partial charge in [0.25, 0.3) is 0 Å². The van der Waals surface area contributed by atoms with Crippen LogP contribution in [0.4, 0.5) is 0 Å². The maximum atomic E-state index is 6.26. The van der Waals surface area contributed by atoms with E-state index in [1.165, 1.54) is 6.33 Å². The first-order valence-electron chi connectivity index (χ1n) is 7.05. The van der Waals surface area contributed by atoms with Crippen molar-refractivity contribution in [3.63, 3.8) is 0 Å². The van der Waals surface area contributed by atoms with Crippen LogP contribution < -0.4 is 15.2 Å². The van der Waals surface area contributed by atoms with Crippen molar-refractivity contribution in [2.24, 2.45) is 5.73 Å². The molecule has 0 aliphatic heterocycles. The van der Waals surface area contributed by atoms with Gasteiger partial charge in [-0.1, -0.05) is 6.07 Å². The minimum absolute atomic E-state index is 0.0655. The Kier molecular flexibility index (Phi) is 5.11. The van der Waals surface area contributed by atoms with Gasteiger partial charge in [-0.3, -0.25) is 0 Å². The van der Waals surface area contributed by atoms with Crippen molar-refractivity contribution < 1.29 is 9.47 Å². The quantitative estimate of drug-likeness (QED) is 0.884. The highest BCUT2D eigenvalue weighted by Crippen LogP contribution is 2.32. The normalized spacial score (nSPS) is 12.2. The lowest BCUT2D eigenvalue weighted by atomic mass is 10.0. The average molecular weight is 287 g/mol. The van der Waals surface area contributed by atoms with Gasteiger partial charge in [0.15, 0.2) is 11.5 Å². The van der Waals surface area contributed by atoms with Gasteiger partial charge in [0, 0.05) is 18.0 Å². The molecule has 1 aromatic heterocycles. The second-order valence-electron chi connectivity index (χ2n) is 4.96. The van der Waals surface area contributed by atoms with Crippen molar-refractivity contribution in [1.82, 2.24) is 9.97 Å². The third kappa shape index (κ3) is 3.92. The van der Waals surface area contributed by atoms with Gasteiger partial charge in [-0.15, -0.1) is 0 Å². The number of aromatic nitrogens is 2. The molecule has 1 aromatic carbocycles. The lowest BCUT2D eigenvalue weighted by Gasteiger charge is -2.18. The molecule has 112 valence electrons. The van der Waals surface area contributed by atoms with Crippen LogP contribution in [0, 0.1) is 0 Å². The number of rotatable bonds is 6. The Balaban J connectivity index is 2.32. The molecule has 1 heterocycles. The van der Waals surface area contributed by atoms with Crippen LogP contribution in [0.1, 0.15) is 37.9 Å². The Morgan fingerprint density at radius 3 is 2.43 bits per heavy atom. The van der Waals surface area contributed by atoms with Crippen molar-refractivity contribution >= 4 is 0 Å². The Bertz CT molecular complexity index is 573. The smallest absolute Gasteiger partial charge is 0.161 e. The fourth-order valence-electron chi connectivity index (χ4n) is 2.00. The van der Waals surface area contributed by atoms with E-state index in [1.54, 1.807) is 12.4 Å². The Morgan fingerprint density at radius 2 is 1.81 bits per heavy atom. The van der Waals surface area contributed by atoms with Crippen LogP contribution in [0.3, 0.4) is 0 Å². The van der Waals surface area contributed by atoms with Crippen LogP contribution in [0.5, 0.6) is 11.5 Å². The molecular weight excluding hydrogens is 266 g/mol. The number of hydrogen-bond donors (Lipinski definition) is 1. The topological polar surface area (TPSA) is 70.3 Å². The second kappa shape index (κ2) is 7.04. The van der Waals surface area contributed by atoms with E-state index < -0.39 is 0 Å². The third-order valence-electron chi connectivity index (χ3n) is 2.93. The summed E-state index contributed by atoms with van der Waals surface area (Å²) in [6.45, 7) is 6.49. The Morgan fingerprint density at radius 1 is 1.10 bits per heavy atom. The van der Waals surface area contributed by atoms with E-state index >= 15 is 0 Å². The van der Waals surface area contributed by atoms with Crippen molar-refractivity contribution in [3.05, 3.63) is 48.0 Å². The van der Waals surface area contributed by atoms with E-state index in [4.69, 9.17) is 15.2 Å². The van der Waals surface area contributed by atoms with Crippen molar-refractivity contribution in [1.29, 1.82) is 0 Å². The van der Waals surface area contributed by atoms with E-state index in [-0.39, 0.29) is 12.1 Å². The molecule has 0 fully saturated rings. The van der Waals surface area contributed by atoms with Crippen molar-refractivity contribution in [2.45, 2.75) is 32.9 Å². The summed E-state index contributed by atoms with van der Waals surface area (Å²) in [5.41, 5.74) is 8.06. The Hall–Kier alpha value is -2.14. The van der Waals surface area contributed by atoms with E-state index in [2.05, 4.69) is 9.97 Å². The lowest BCUT2D eigenvalue weighted by Crippen LogP contribution is -2.14. The minimum Gasteiger partial charge on any atom is -0.490 e. The molecule has 0 radical (unpaired) electrons. The summed E-state index contributed by atoms with van der Waals surface area (Å²) in [4.78, 5) is 8.00. The van der Waals surface area contributed by atoms with Gasteiger partial charge in [-0.2, -0.15) is 0 Å². The molecule has 2 N–H and O–H groups in total. The summed E-state index contributed by atoms with van der Waals surface area (Å²) >= 11 is 0. The summed E-state index contributed by atoms with van der Waals surface area (Å²) in [5, 5.41) is 0. The zero-order valence-electron chi connectivity index (χ0n) is 12.6. The maximum Gasteiger partial charge on any atom is 0.161 e. The van der Waals surface area contributed by atoms with Crippen molar-refractivity contribution in [3.8, 4) is 11.5 Å². The molecule has 21 heavy (non-hydrogen) atoms. The number of benzene rings is 1. The molecule has 1 unspecified atom stereocenters. The molecule has 1 atom stereocenters. The largest absolute Gasteiger partial charge is 0.490 e. The average Bonchev–Trinajstić information content (AvgIpc) is 2.49. The van der Waals surface area contributed by atoms with Gasteiger partial charge < -0.3 is 15.2 Å². The fraction of sp³-hybridized carbons (Fsp3) is 0.375. The zero-order chi connectivity index (χ0) is 15.2. The molecule has 5 heteroatoms. The molecule has 2 aromatic rings. The predicted octanol–water partition coefficient (Wildman–Crippen LogP) is 2.71. The van der Waals surface area contributed by atoms with Gasteiger partial charge in [0.05, 0.1) is 18.8 Å². The molecule has 0 saturated heterocycles. The van der Waals surface area contributed by atoms with Crippen LogP contribution in [-0.4, -0.2) is 22.7 Å². The summed E-state index contributed by atoms with van der Waals surface area (Å²) in [6.07, 6.45) is 4.99. The highest BCUT2D eigenvalue weighted by molar-refractivity contribution is 5.45. The number of nitrogens with zero attached hydrogens (tertiary/aromatic N) is 2. The zero-order valence-corrected chi connectivity index (χ0v) is 12.6. The van der Waals surface area contributed by atoms with Gasteiger partial charge in [0.1, 0.15) is 6.33 Å². The maximum absolute atomic E-state index is 6.26. The number of nitrogens with two attached hydrogens (primary N) is 1. The fourth-order valence-corrected chi connectivity index (χ4v) is 2.00. The lowest BCUT2D eigenvalue weighted by molar-refractivity contribution is 0.223. The van der Waals surface area contributed by atoms with Crippen LogP contribution in [0.2, 0.25) is 0 Å². The van der Waals surface area contributed by atoms with E-state index in [1.807, 2.05) is 39.0 Å². The first-order chi connectivity index (χ1) is 10.1. The molecule has 2 rings (SSSR count). The summed E-state index contributed by atoms with van der Waals surface area (Å²) in [7, 11) is 0.